The van der Waals surface area contributed by atoms with E-state index in [-0.39, 0.29) is 19.1 Å². The number of amides is 1. The standard InChI is InChI=1S/C9H14N2O2/c1-3-4-11(2)8(12)9(5-10)6-13-7-9/h3-4,6-7H2,1-2H3. The van der Waals surface area contributed by atoms with E-state index in [9.17, 15) is 4.79 Å². The summed E-state index contributed by atoms with van der Waals surface area (Å²) in [6.07, 6.45) is 0.907. The Morgan fingerprint density at radius 3 is 2.62 bits per heavy atom. The van der Waals surface area contributed by atoms with Crippen LogP contribution in [0, 0.1) is 16.7 Å². The van der Waals surface area contributed by atoms with E-state index in [1.54, 1.807) is 11.9 Å². The van der Waals surface area contributed by atoms with Crippen LogP contribution in [0.5, 0.6) is 0 Å². The Balaban J connectivity index is 2.61. The third kappa shape index (κ3) is 1.65. The Kier molecular flexibility index (Phi) is 2.89. The van der Waals surface area contributed by atoms with E-state index >= 15 is 0 Å². The summed E-state index contributed by atoms with van der Waals surface area (Å²) in [5.74, 6) is -0.108. The Morgan fingerprint density at radius 1 is 1.69 bits per heavy atom. The summed E-state index contributed by atoms with van der Waals surface area (Å²) in [5, 5.41) is 8.85. The van der Waals surface area contributed by atoms with E-state index in [2.05, 4.69) is 0 Å². The van der Waals surface area contributed by atoms with Gasteiger partial charge in [-0.05, 0) is 6.42 Å². The molecule has 1 heterocycles. The van der Waals surface area contributed by atoms with Crippen LogP contribution in [0.25, 0.3) is 0 Å². The number of ether oxygens (including phenoxy) is 1. The SMILES string of the molecule is CCCN(C)C(=O)C1(C#N)COC1. The van der Waals surface area contributed by atoms with Crippen LogP contribution in [0.15, 0.2) is 0 Å². The second-order valence-electron chi connectivity index (χ2n) is 3.41. The van der Waals surface area contributed by atoms with Crippen molar-refractivity contribution >= 4 is 5.91 Å². The minimum absolute atomic E-state index is 0.108. The lowest BCUT2D eigenvalue weighted by Gasteiger charge is -2.36. The molecule has 0 aromatic rings. The summed E-state index contributed by atoms with van der Waals surface area (Å²) in [4.78, 5) is 13.3. The highest BCUT2D eigenvalue weighted by molar-refractivity contribution is 5.86. The van der Waals surface area contributed by atoms with Crippen molar-refractivity contribution in [3.05, 3.63) is 0 Å². The molecule has 1 aliphatic heterocycles. The molecule has 0 aromatic heterocycles. The highest BCUT2D eigenvalue weighted by Crippen LogP contribution is 2.28. The molecular weight excluding hydrogens is 168 g/mol. The molecule has 0 saturated carbocycles. The molecule has 0 unspecified atom stereocenters. The van der Waals surface area contributed by atoms with E-state index < -0.39 is 5.41 Å². The maximum atomic E-state index is 11.7. The Morgan fingerprint density at radius 2 is 2.31 bits per heavy atom. The summed E-state index contributed by atoms with van der Waals surface area (Å²) in [5.41, 5.74) is -0.885. The summed E-state index contributed by atoms with van der Waals surface area (Å²) in [6, 6.07) is 2.04. The lowest BCUT2D eigenvalue weighted by atomic mass is 9.86. The number of hydrogen-bond donors (Lipinski definition) is 0. The molecule has 0 spiro atoms. The van der Waals surface area contributed by atoms with Crippen molar-refractivity contribution in [2.24, 2.45) is 5.41 Å². The van der Waals surface area contributed by atoms with Gasteiger partial charge in [-0.3, -0.25) is 4.79 Å². The molecule has 4 heteroatoms. The van der Waals surface area contributed by atoms with Crippen LogP contribution < -0.4 is 0 Å². The van der Waals surface area contributed by atoms with Gasteiger partial charge in [0.25, 0.3) is 0 Å². The van der Waals surface area contributed by atoms with Crippen molar-refractivity contribution < 1.29 is 9.53 Å². The van der Waals surface area contributed by atoms with Crippen molar-refractivity contribution in [2.45, 2.75) is 13.3 Å². The van der Waals surface area contributed by atoms with Gasteiger partial charge in [-0.1, -0.05) is 6.92 Å². The number of carbonyl (C=O) groups excluding carboxylic acids is 1. The number of nitrogens with zero attached hydrogens (tertiary/aromatic N) is 2. The van der Waals surface area contributed by atoms with Crippen LogP contribution in [-0.4, -0.2) is 37.6 Å². The average Bonchev–Trinajstić information content (AvgIpc) is 2.03. The molecular formula is C9H14N2O2. The minimum atomic E-state index is -0.885. The summed E-state index contributed by atoms with van der Waals surface area (Å²) in [7, 11) is 1.73. The first-order chi connectivity index (χ1) is 6.16. The van der Waals surface area contributed by atoms with Crippen LogP contribution >= 0.6 is 0 Å². The van der Waals surface area contributed by atoms with Gasteiger partial charge in [-0.25, -0.2) is 0 Å². The third-order valence-corrected chi connectivity index (χ3v) is 2.23. The predicted octanol–water partition coefficient (Wildman–Crippen LogP) is 0.395. The number of carbonyl (C=O) groups is 1. The number of hydrogen-bond acceptors (Lipinski definition) is 3. The van der Waals surface area contributed by atoms with E-state index in [0.29, 0.717) is 6.54 Å². The Labute approximate surface area is 78.1 Å². The topological polar surface area (TPSA) is 53.3 Å². The van der Waals surface area contributed by atoms with Crippen LogP contribution in [0.3, 0.4) is 0 Å². The van der Waals surface area contributed by atoms with Crippen molar-refractivity contribution in [1.82, 2.24) is 4.90 Å². The van der Waals surface area contributed by atoms with Crippen LogP contribution in [-0.2, 0) is 9.53 Å². The van der Waals surface area contributed by atoms with Gasteiger partial charge in [0, 0.05) is 13.6 Å². The highest BCUT2D eigenvalue weighted by Gasteiger charge is 2.47. The fourth-order valence-corrected chi connectivity index (χ4v) is 1.34. The summed E-state index contributed by atoms with van der Waals surface area (Å²) in [6.45, 7) is 3.19. The lowest BCUT2D eigenvalue weighted by Crippen LogP contribution is -2.53. The normalized spacial score (nSPS) is 18.5. The van der Waals surface area contributed by atoms with Crippen molar-refractivity contribution in [2.75, 3.05) is 26.8 Å². The Bertz CT molecular complexity index is 240. The maximum Gasteiger partial charge on any atom is 0.247 e. The smallest absolute Gasteiger partial charge is 0.247 e. The third-order valence-electron chi connectivity index (χ3n) is 2.23. The van der Waals surface area contributed by atoms with Gasteiger partial charge in [0.05, 0.1) is 19.3 Å². The van der Waals surface area contributed by atoms with Crippen LogP contribution in [0.4, 0.5) is 0 Å². The second-order valence-corrected chi connectivity index (χ2v) is 3.41. The van der Waals surface area contributed by atoms with Gasteiger partial charge in [-0.2, -0.15) is 5.26 Å². The molecule has 0 aromatic carbocycles. The molecule has 1 saturated heterocycles. The quantitative estimate of drug-likeness (QED) is 0.634. The minimum Gasteiger partial charge on any atom is -0.377 e. The first-order valence-corrected chi connectivity index (χ1v) is 4.41. The Hall–Kier alpha value is -1.08. The fraction of sp³-hybridized carbons (Fsp3) is 0.778. The van der Waals surface area contributed by atoms with E-state index in [1.165, 1.54) is 0 Å². The largest absolute Gasteiger partial charge is 0.377 e. The monoisotopic (exact) mass is 182 g/mol. The molecule has 13 heavy (non-hydrogen) atoms. The van der Waals surface area contributed by atoms with Gasteiger partial charge in [-0.15, -0.1) is 0 Å². The van der Waals surface area contributed by atoms with Crippen molar-refractivity contribution in [3.8, 4) is 6.07 Å². The van der Waals surface area contributed by atoms with E-state index in [1.807, 2.05) is 13.0 Å². The van der Waals surface area contributed by atoms with Crippen molar-refractivity contribution in [3.63, 3.8) is 0 Å². The molecule has 0 radical (unpaired) electrons. The van der Waals surface area contributed by atoms with Gasteiger partial charge < -0.3 is 9.64 Å². The summed E-state index contributed by atoms with van der Waals surface area (Å²) >= 11 is 0. The number of rotatable bonds is 3. The predicted molar refractivity (Wildman–Crippen MR) is 46.8 cm³/mol. The lowest BCUT2D eigenvalue weighted by molar-refractivity contribution is -0.159. The molecule has 1 fully saturated rings. The molecule has 72 valence electrons. The van der Waals surface area contributed by atoms with E-state index in [0.717, 1.165) is 6.42 Å². The van der Waals surface area contributed by atoms with E-state index in [4.69, 9.17) is 10.00 Å². The molecule has 0 N–H and O–H groups in total. The van der Waals surface area contributed by atoms with Gasteiger partial charge >= 0.3 is 0 Å². The maximum absolute atomic E-state index is 11.7. The van der Waals surface area contributed by atoms with Crippen LogP contribution in [0.2, 0.25) is 0 Å². The van der Waals surface area contributed by atoms with Gasteiger partial charge in [0.15, 0.2) is 5.41 Å². The molecule has 0 aliphatic carbocycles. The first-order valence-electron chi connectivity index (χ1n) is 4.41. The zero-order valence-electron chi connectivity index (χ0n) is 8.04. The number of nitriles is 1. The fourth-order valence-electron chi connectivity index (χ4n) is 1.34. The highest BCUT2D eigenvalue weighted by atomic mass is 16.5. The molecule has 4 nitrogen and oxygen atoms in total. The molecule has 0 bridgehead atoms. The average molecular weight is 182 g/mol. The second kappa shape index (κ2) is 3.75. The zero-order chi connectivity index (χ0) is 9.90. The first kappa shape index (κ1) is 10.0. The molecule has 1 rings (SSSR count). The van der Waals surface area contributed by atoms with Crippen LogP contribution in [0.1, 0.15) is 13.3 Å². The zero-order valence-corrected chi connectivity index (χ0v) is 8.04. The van der Waals surface area contributed by atoms with Gasteiger partial charge in [0.2, 0.25) is 5.91 Å². The molecule has 1 aliphatic rings. The summed E-state index contributed by atoms with van der Waals surface area (Å²) < 4.78 is 4.91. The molecule has 1 amide bonds. The van der Waals surface area contributed by atoms with Crippen molar-refractivity contribution in [1.29, 1.82) is 5.26 Å². The molecule has 0 atom stereocenters. The van der Waals surface area contributed by atoms with Gasteiger partial charge in [0.1, 0.15) is 0 Å².